The van der Waals surface area contributed by atoms with Gasteiger partial charge in [0.15, 0.2) is 0 Å². The lowest BCUT2D eigenvalue weighted by atomic mass is 10.2. The number of nitrogens with zero attached hydrogens (tertiary/aromatic N) is 1. The van der Waals surface area contributed by atoms with E-state index in [1.807, 2.05) is 30.3 Å². The van der Waals surface area contributed by atoms with Crippen molar-refractivity contribution in [3.8, 4) is 0 Å². The van der Waals surface area contributed by atoms with E-state index in [9.17, 15) is 9.59 Å². The number of likely N-dealkylation sites (tertiary alicyclic amines) is 1. The molecule has 0 atom stereocenters. The number of amides is 2. The number of carbonyl (C=O) groups is 2. The van der Waals surface area contributed by atoms with E-state index >= 15 is 0 Å². The van der Waals surface area contributed by atoms with Crippen molar-refractivity contribution in [3.05, 3.63) is 35.9 Å². The van der Waals surface area contributed by atoms with Gasteiger partial charge in [-0.2, -0.15) is 0 Å². The first-order valence-corrected chi connectivity index (χ1v) is 6.48. The second-order valence-corrected chi connectivity index (χ2v) is 4.50. The molecular formula is C14H18N2O3. The van der Waals surface area contributed by atoms with Crippen LogP contribution >= 0.6 is 0 Å². The summed E-state index contributed by atoms with van der Waals surface area (Å²) in [5.74, 6) is -0.420. The molecule has 0 radical (unpaired) electrons. The molecule has 2 amide bonds. The zero-order chi connectivity index (χ0) is 13.5. The summed E-state index contributed by atoms with van der Waals surface area (Å²) in [4.78, 5) is 24.8. The number of carbonyl (C=O) groups excluding carboxylic acids is 2. The summed E-state index contributed by atoms with van der Waals surface area (Å²) >= 11 is 0. The number of urea groups is 1. The second kappa shape index (κ2) is 6.78. The van der Waals surface area contributed by atoms with Gasteiger partial charge in [-0.3, -0.25) is 4.79 Å². The van der Waals surface area contributed by atoms with Gasteiger partial charge in [0.1, 0.15) is 13.2 Å². The van der Waals surface area contributed by atoms with Gasteiger partial charge in [0, 0.05) is 13.1 Å². The molecule has 0 aromatic heterocycles. The smallest absolute Gasteiger partial charge is 0.325 e. The summed E-state index contributed by atoms with van der Waals surface area (Å²) in [6.07, 6.45) is 2.07. The Morgan fingerprint density at radius 2 is 1.84 bits per heavy atom. The van der Waals surface area contributed by atoms with E-state index in [1.54, 1.807) is 4.90 Å². The Balaban J connectivity index is 1.65. The van der Waals surface area contributed by atoms with Crippen LogP contribution in [-0.2, 0) is 16.1 Å². The van der Waals surface area contributed by atoms with Crippen LogP contribution in [0.15, 0.2) is 30.3 Å². The van der Waals surface area contributed by atoms with Crippen molar-refractivity contribution in [1.82, 2.24) is 10.2 Å². The van der Waals surface area contributed by atoms with Gasteiger partial charge in [0.25, 0.3) is 0 Å². The zero-order valence-corrected chi connectivity index (χ0v) is 10.8. The minimum atomic E-state index is -0.420. The first-order chi connectivity index (χ1) is 9.25. The molecule has 5 nitrogen and oxygen atoms in total. The van der Waals surface area contributed by atoms with E-state index in [1.165, 1.54) is 0 Å². The third-order valence-electron chi connectivity index (χ3n) is 3.02. The van der Waals surface area contributed by atoms with Crippen molar-refractivity contribution in [1.29, 1.82) is 0 Å². The lowest BCUT2D eigenvalue weighted by molar-refractivity contribution is -0.143. The van der Waals surface area contributed by atoms with Gasteiger partial charge in [-0.25, -0.2) is 4.79 Å². The van der Waals surface area contributed by atoms with Crippen LogP contribution in [0.25, 0.3) is 0 Å². The fourth-order valence-electron chi connectivity index (χ4n) is 1.97. The van der Waals surface area contributed by atoms with E-state index in [-0.39, 0.29) is 19.2 Å². The number of benzene rings is 1. The van der Waals surface area contributed by atoms with Crippen LogP contribution in [0.1, 0.15) is 18.4 Å². The predicted molar refractivity (Wildman–Crippen MR) is 70.4 cm³/mol. The normalized spacial score (nSPS) is 14.2. The van der Waals surface area contributed by atoms with Crippen LogP contribution in [0.5, 0.6) is 0 Å². The minimum absolute atomic E-state index is 0.0812. The summed E-state index contributed by atoms with van der Waals surface area (Å²) in [6.45, 7) is 1.69. The molecule has 0 bridgehead atoms. The standard InChI is InChI=1S/C14H18N2O3/c17-13(19-11-12-6-2-1-3-7-12)10-15-14(18)16-8-4-5-9-16/h1-3,6-7H,4-5,8-11H2,(H,15,18). The predicted octanol–water partition coefficient (Wildman–Crippen LogP) is 1.54. The number of nitrogens with one attached hydrogen (secondary N) is 1. The van der Waals surface area contributed by atoms with Gasteiger partial charge in [-0.1, -0.05) is 30.3 Å². The quantitative estimate of drug-likeness (QED) is 0.837. The number of esters is 1. The molecule has 0 unspecified atom stereocenters. The summed E-state index contributed by atoms with van der Waals surface area (Å²) in [5.41, 5.74) is 0.932. The van der Waals surface area contributed by atoms with E-state index in [0.717, 1.165) is 31.5 Å². The molecule has 1 saturated heterocycles. The van der Waals surface area contributed by atoms with E-state index in [2.05, 4.69) is 5.32 Å². The molecule has 1 N–H and O–H groups in total. The number of hydrogen-bond donors (Lipinski definition) is 1. The van der Waals surface area contributed by atoms with Crippen LogP contribution in [0.3, 0.4) is 0 Å². The summed E-state index contributed by atoms with van der Waals surface area (Å²) in [7, 11) is 0. The maximum Gasteiger partial charge on any atom is 0.325 e. The average molecular weight is 262 g/mol. The Morgan fingerprint density at radius 1 is 1.16 bits per heavy atom. The summed E-state index contributed by atoms with van der Waals surface area (Å²) in [5, 5.41) is 2.57. The SMILES string of the molecule is O=C(CNC(=O)N1CCCC1)OCc1ccccc1. The molecule has 0 spiro atoms. The van der Waals surface area contributed by atoms with Crippen LogP contribution < -0.4 is 5.32 Å². The summed E-state index contributed by atoms with van der Waals surface area (Å²) in [6, 6.07) is 9.26. The third kappa shape index (κ3) is 4.28. The number of ether oxygens (including phenoxy) is 1. The van der Waals surface area contributed by atoms with Crippen LogP contribution in [0, 0.1) is 0 Å². The Bertz CT molecular complexity index is 428. The molecule has 1 aromatic rings. The number of hydrogen-bond acceptors (Lipinski definition) is 3. The average Bonchev–Trinajstić information content (AvgIpc) is 2.98. The zero-order valence-electron chi connectivity index (χ0n) is 10.8. The molecular weight excluding hydrogens is 244 g/mol. The van der Waals surface area contributed by atoms with Gasteiger partial charge in [-0.15, -0.1) is 0 Å². The molecule has 0 saturated carbocycles. The Kier molecular flexibility index (Phi) is 4.78. The fraction of sp³-hybridized carbons (Fsp3) is 0.429. The van der Waals surface area contributed by atoms with Crippen LogP contribution in [-0.4, -0.2) is 36.5 Å². The molecule has 1 aromatic carbocycles. The highest BCUT2D eigenvalue weighted by molar-refractivity contribution is 5.80. The fourth-order valence-corrected chi connectivity index (χ4v) is 1.97. The molecule has 19 heavy (non-hydrogen) atoms. The second-order valence-electron chi connectivity index (χ2n) is 4.50. The van der Waals surface area contributed by atoms with Gasteiger partial charge in [-0.05, 0) is 18.4 Å². The van der Waals surface area contributed by atoms with Crippen molar-refractivity contribution in [2.24, 2.45) is 0 Å². The van der Waals surface area contributed by atoms with Crippen molar-refractivity contribution in [2.45, 2.75) is 19.4 Å². The molecule has 0 aliphatic carbocycles. The molecule has 5 heteroatoms. The number of rotatable bonds is 4. The molecule has 1 aliphatic rings. The largest absolute Gasteiger partial charge is 0.460 e. The lowest BCUT2D eigenvalue weighted by Gasteiger charge is -2.15. The highest BCUT2D eigenvalue weighted by atomic mass is 16.5. The van der Waals surface area contributed by atoms with Crippen molar-refractivity contribution >= 4 is 12.0 Å². The molecule has 1 aliphatic heterocycles. The Hall–Kier alpha value is -2.04. The Labute approximate surface area is 112 Å². The van der Waals surface area contributed by atoms with Gasteiger partial charge in [0.05, 0.1) is 0 Å². The lowest BCUT2D eigenvalue weighted by Crippen LogP contribution is -2.40. The van der Waals surface area contributed by atoms with Crippen molar-refractivity contribution < 1.29 is 14.3 Å². The molecule has 102 valence electrons. The highest BCUT2D eigenvalue weighted by Crippen LogP contribution is 2.06. The maximum absolute atomic E-state index is 11.6. The van der Waals surface area contributed by atoms with Gasteiger partial charge in [0.2, 0.25) is 0 Å². The Morgan fingerprint density at radius 3 is 2.53 bits per heavy atom. The van der Waals surface area contributed by atoms with Crippen LogP contribution in [0.4, 0.5) is 4.79 Å². The third-order valence-corrected chi connectivity index (χ3v) is 3.02. The first-order valence-electron chi connectivity index (χ1n) is 6.48. The van der Waals surface area contributed by atoms with Crippen LogP contribution in [0.2, 0.25) is 0 Å². The van der Waals surface area contributed by atoms with Crippen molar-refractivity contribution in [2.75, 3.05) is 19.6 Å². The molecule has 2 rings (SSSR count). The maximum atomic E-state index is 11.6. The monoisotopic (exact) mass is 262 g/mol. The summed E-state index contributed by atoms with van der Waals surface area (Å²) < 4.78 is 5.07. The van der Waals surface area contributed by atoms with Gasteiger partial charge < -0.3 is 15.0 Å². The molecule has 1 fully saturated rings. The minimum Gasteiger partial charge on any atom is -0.460 e. The van der Waals surface area contributed by atoms with E-state index < -0.39 is 5.97 Å². The van der Waals surface area contributed by atoms with E-state index in [0.29, 0.717) is 0 Å². The topological polar surface area (TPSA) is 58.6 Å². The van der Waals surface area contributed by atoms with E-state index in [4.69, 9.17) is 4.74 Å². The van der Waals surface area contributed by atoms with Crippen molar-refractivity contribution in [3.63, 3.8) is 0 Å². The van der Waals surface area contributed by atoms with Gasteiger partial charge >= 0.3 is 12.0 Å². The first kappa shape index (κ1) is 13.4. The molecule has 1 heterocycles. The highest BCUT2D eigenvalue weighted by Gasteiger charge is 2.18.